The van der Waals surface area contributed by atoms with Crippen LogP contribution in [0.25, 0.3) is 0 Å². The van der Waals surface area contributed by atoms with Gasteiger partial charge in [0.2, 0.25) is 5.91 Å². The van der Waals surface area contributed by atoms with Crippen LogP contribution >= 0.6 is 11.6 Å². The maximum absolute atomic E-state index is 12.4. The van der Waals surface area contributed by atoms with Crippen molar-refractivity contribution in [2.75, 3.05) is 38.0 Å². The zero-order chi connectivity index (χ0) is 17.6. The third-order valence-electron chi connectivity index (χ3n) is 4.06. The number of hydrogen-bond donors (Lipinski definition) is 1. The number of anilines is 1. The van der Waals surface area contributed by atoms with Crippen LogP contribution in [0.4, 0.5) is 5.69 Å². The van der Waals surface area contributed by atoms with Gasteiger partial charge in [-0.15, -0.1) is 0 Å². The topological polar surface area (TPSA) is 65.5 Å². The Morgan fingerprint density at radius 1 is 1.04 bits per heavy atom. The van der Waals surface area contributed by atoms with Gasteiger partial charge >= 0.3 is 0 Å². The summed E-state index contributed by atoms with van der Waals surface area (Å²) in [6.07, 6.45) is 1.61. The Bertz CT molecular complexity index is 746. The number of pyridine rings is 1. The largest absolute Gasteiger partial charge is 0.335 e. The molecule has 1 saturated heterocycles. The molecule has 25 heavy (non-hydrogen) atoms. The lowest BCUT2D eigenvalue weighted by atomic mass is 10.2. The van der Waals surface area contributed by atoms with E-state index in [4.69, 9.17) is 11.6 Å². The van der Waals surface area contributed by atoms with Gasteiger partial charge in [0.25, 0.3) is 5.91 Å². The summed E-state index contributed by atoms with van der Waals surface area (Å²) >= 11 is 6.04. The monoisotopic (exact) mass is 358 g/mol. The van der Waals surface area contributed by atoms with E-state index < -0.39 is 0 Å². The normalized spacial score (nSPS) is 15.0. The number of benzene rings is 1. The molecular formula is C18H19ClN4O2. The zero-order valence-corrected chi connectivity index (χ0v) is 14.4. The molecule has 130 valence electrons. The maximum atomic E-state index is 12.4. The fourth-order valence-electron chi connectivity index (χ4n) is 2.72. The summed E-state index contributed by atoms with van der Waals surface area (Å²) in [4.78, 5) is 32.4. The third kappa shape index (κ3) is 4.55. The minimum atomic E-state index is -0.113. The van der Waals surface area contributed by atoms with E-state index in [1.54, 1.807) is 41.4 Å². The Balaban J connectivity index is 1.48. The molecule has 0 spiro atoms. The van der Waals surface area contributed by atoms with Crippen molar-refractivity contribution in [1.82, 2.24) is 14.8 Å². The summed E-state index contributed by atoms with van der Waals surface area (Å²) in [5.41, 5.74) is 1.06. The molecule has 0 bridgehead atoms. The van der Waals surface area contributed by atoms with Crippen LogP contribution in [0.2, 0.25) is 5.02 Å². The van der Waals surface area contributed by atoms with Crippen molar-refractivity contribution in [1.29, 1.82) is 0 Å². The van der Waals surface area contributed by atoms with Gasteiger partial charge in [-0.1, -0.05) is 29.8 Å². The van der Waals surface area contributed by atoms with E-state index in [-0.39, 0.29) is 18.4 Å². The number of hydrogen-bond acceptors (Lipinski definition) is 4. The quantitative estimate of drug-likeness (QED) is 0.909. The van der Waals surface area contributed by atoms with E-state index in [2.05, 4.69) is 10.3 Å². The number of aromatic nitrogens is 1. The molecule has 7 heteroatoms. The molecule has 0 aliphatic carbocycles. The van der Waals surface area contributed by atoms with Gasteiger partial charge in [-0.3, -0.25) is 19.5 Å². The number of halogens is 1. The average Bonchev–Trinajstić information content (AvgIpc) is 2.64. The first kappa shape index (κ1) is 17.4. The average molecular weight is 359 g/mol. The highest BCUT2D eigenvalue weighted by Gasteiger charge is 2.23. The molecule has 2 heterocycles. The second-order valence-corrected chi connectivity index (χ2v) is 6.22. The molecular weight excluding hydrogens is 340 g/mol. The molecule has 2 amide bonds. The summed E-state index contributed by atoms with van der Waals surface area (Å²) in [5, 5.41) is 3.33. The molecule has 2 aromatic rings. The van der Waals surface area contributed by atoms with Gasteiger partial charge < -0.3 is 10.2 Å². The van der Waals surface area contributed by atoms with Crippen LogP contribution in [0.1, 0.15) is 10.5 Å². The van der Waals surface area contributed by atoms with Crippen LogP contribution in [0.3, 0.4) is 0 Å². The van der Waals surface area contributed by atoms with Gasteiger partial charge in [-0.25, -0.2) is 0 Å². The molecule has 1 fully saturated rings. The summed E-state index contributed by atoms with van der Waals surface area (Å²) in [6, 6.07) is 12.4. The van der Waals surface area contributed by atoms with E-state index in [1.807, 2.05) is 17.0 Å². The second-order valence-electron chi connectivity index (χ2n) is 5.81. The third-order valence-corrected chi connectivity index (χ3v) is 4.39. The Morgan fingerprint density at radius 3 is 2.44 bits per heavy atom. The number of nitrogens with zero attached hydrogens (tertiary/aromatic N) is 3. The number of amides is 2. The molecule has 6 nitrogen and oxygen atoms in total. The molecule has 0 radical (unpaired) electrons. The maximum Gasteiger partial charge on any atom is 0.272 e. The number of para-hydroxylation sites is 1. The van der Waals surface area contributed by atoms with Gasteiger partial charge in [0.1, 0.15) is 5.69 Å². The first-order valence-electron chi connectivity index (χ1n) is 8.10. The molecule has 0 atom stereocenters. The van der Waals surface area contributed by atoms with Crippen molar-refractivity contribution in [3.05, 3.63) is 59.4 Å². The van der Waals surface area contributed by atoms with Crippen LogP contribution in [0.15, 0.2) is 48.7 Å². The summed E-state index contributed by atoms with van der Waals surface area (Å²) in [5.74, 6) is -0.182. The van der Waals surface area contributed by atoms with Gasteiger partial charge in [-0.05, 0) is 24.3 Å². The van der Waals surface area contributed by atoms with E-state index >= 15 is 0 Å². The first-order valence-corrected chi connectivity index (χ1v) is 8.48. The molecule has 0 saturated carbocycles. The molecule has 1 aliphatic rings. The highest BCUT2D eigenvalue weighted by molar-refractivity contribution is 6.33. The lowest BCUT2D eigenvalue weighted by molar-refractivity contribution is -0.117. The highest BCUT2D eigenvalue weighted by Crippen LogP contribution is 2.20. The molecule has 1 aliphatic heterocycles. The number of piperazine rings is 1. The zero-order valence-electron chi connectivity index (χ0n) is 13.7. The van der Waals surface area contributed by atoms with Gasteiger partial charge in [0.15, 0.2) is 0 Å². The Morgan fingerprint density at radius 2 is 1.76 bits per heavy atom. The summed E-state index contributed by atoms with van der Waals surface area (Å²) in [7, 11) is 0. The van der Waals surface area contributed by atoms with E-state index in [0.29, 0.717) is 42.6 Å². The molecule has 1 aromatic heterocycles. The summed E-state index contributed by atoms with van der Waals surface area (Å²) in [6.45, 7) is 2.73. The van der Waals surface area contributed by atoms with Crippen LogP contribution < -0.4 is 5.32 Å². The minimum Gasteiger partial charge on any atom is -0.335 e. The number of carbonyl (C=O) groups is 2. The molecule has 1 aromatic carbocycles. The van der Waals surface area contributed by atoms with Crippen molar-refractivity contribution < 1.29 is 9.59 Å². The predicted octanol–water partition coefficient (Wildman–Crippen LogP) is 2.13. The van der Waals surface area contributed by atoms with Crippen molar-refractivity contribution >= 4 is 29.1 Å². The Hall–Kier alpha value is -2.44. The van der Waals surface area contributed by atoms with Crippen LogP contribution in [0.5, 0.6) is 0 Å². The van der Waals surface area contributed by atoms with Gasteiger partial charge in [-0.2, -0.15) is 0 Å². The SMILES string of the molecule is O=C(CN1CCN(C(=O)c2ccccn2)CC1)Nc1ccccc1Cl. The van der Waals surface area contributed by atoms with Crippen molar-refractivity contribution in [2.24, 2.45) is 0 Å². The number of rotatable bonds is 4. The predicted molar refractivity (Wildman–Crippen MR) is 96.7 cm³/mol. The lowest BCUT2D eigenvalue weighted by Gasteiger charge is -2.34. The van der Waals surface area contributed by atoms with Gasteiger partial charge in [0.05, 0.1) is 17.3 Å². The van der Waals surface area contributed by atoms with E-state index in [1.165, 1.54) is 0 Å². The first-order chi connectivity index (χ1) is 12.1. The Labute approximate surface area is 151 Å². The second kappa shape index (κ2) is 8.09. The standard InChI is InChI=1S/C18H19ClN4O2/c19-14-5-1-2-6-15(14)21-17(24)13-22-9-11-23(12-10-22)18(25)16-7-3-4-8-20-16/h1-8H,9-13H2,(H,21,24). The van der Waals surface area contributed by atoms with E-state index in [0.717, 1.165) is 0 Å². The highest BCUT2D eigenvalue weighted by atomic mass is 35.5. The van der Waals surface area contributed by atoms with Crippen molar-refractivity contribution in [3.8, 4) is 0 Å². The fraction of sp³-hybridized carbons (Fsp3) is 0.278. The Kier molecular flexibility index (Phi) is 5.63. The number of nitrogens with one attached hydrogen (secondary N) is 1. The van der Waals surface area contributed by atoms with Crippen LogP contribution in [-0.4, -0.2) is 59.3 Å². The smallest absolute Gasteiger partial charge is 0.272 e. The fourth-order valence-corrected chi connectivity index (χ4v) is 2.90. The minimum absolute atomic E-state index is 0.0687. The van der Waals surface area contributed by atoms with Crippen LogP contribution in [-0.2, 0) is 4.79 Å². The molecule has 3 rings (SSSR count). The molecule has 1 N–H and O–H groups in total. The van der Waals surface area contributed by atoms with Gasteiger partial charge in [0, 0.05) is 32.4 Å². The number of carbonyl (C=O) groups excluding carboxylic acids is 2. The van der Waals surface area contributed by atoms with Crippen LogP contribution in [0, 0.1) is 0 Å². The van der Waals surface area contributed by atoms with Crippen molar-refractivity contribution in [2.45, 2.75) is 0 Å². The lowest BCUT2D eigenvalue weighted by Crippen LogP contribution is -2.50. The van der Waals surface area contributed by atoms with Crippen molar-refractivity contribution in [3.63, 3.8) is 0 Å². The summed E-state index contributed by atoms with van der Waals surface area (Å²) < 4.78 is 0. The molecule has 0 unspecified atom stereocenters. The van der Waals surface area contributed by atoms with E-state index in [9.17, 15) is 9.59 Å².